The van der Waals surface area contributed by atoms with Crippen molar-refractivity contribution >= 4 is 40.1 Å². The standard InChI is InChI=1S/C38H36N8O4/c1-3-33-43-35(32-20-45(21(2)47)14-15-46(32)33)26-7-4-6-22-16-31(40-19-28(22)26)23-10-13-30(39-18-23)37(49)42-25-12-11-24(17-25)41-29-9-5-8-27-34(29)38(50)44-36(27)48/h4-10,13,16,18-19,24-25,41H,3,11-12,14-15,17,20H2,1-2H3,(H,42,49)(H,44,48,50). The number of carbonyl (C=O) groups is 4. The number of fused-ring (bicyclic) bond motifs is 3. The van der Waals surface area contributed by atoms with Crippen molar-refractivity contribution in [1.82, 2.24) is 35.1 Å². The molecule has 8 rings (SSSR count). The number of amides is 4. The number of nitrogens with one attached hydrogen (secondary N) is 3. The van der Waals surface area contributed by atoms with E-state index in [0.29, 0.717) is 42.0 Å². The van der Waals surface area contributed by atoms with Crippen LogP contribution in [-0.4, -0.2) is 66.7 Å². The van der Waals surface area contributed by atoms with E-state index in [2.05, 4.69) is 38.5 Å². The van der Waals surface area contributed by atoms with Crippen LogP contribution in [0.4, 0.5) is 5.69 Å². The average Bonchev–Trinajstić information content (AvgIpc) is 3.82. The van der Waals surface area contributed by atoms with Crippen molar-refractivity contribution in [2.24, 2.45) is 0 Å². The Hall–Kier alpha value is -5.91. The molecule has 1 aliphatic carbocycles. The Morgan fingerprint density at radius 1 is 0.940 bits per heavy atom. The van der Waals surface area contributed by atoms with Crippen molar-refractivity contribution in [1.29, 1.82) is 0 Å². The maximum absolute atomic E-state index is 13.1. The van der Waals surface area contributed by atoms with Gasteiger partial charge in [-0.1, -0.05) is 31.2 Å². The maximum Gasteiger partial charge on any atom is 0.270 e. The maximum atomic E-state index is 13.1. The van der Waals surface area contributed by atoms with Crippen LogP contribution in [0.2, 0.25) is 0 Å². The van der Waals surface area contributed by atoms with Crippen molar-refractivity contribution in [3.05, 3.63) is 95.3 Å². The Bertz CT molecular complexity index is 2210. The molecule has 252 valence electrons. The zero-order valence-electron chi connectivity index (χ0n) is 27.8. The van der Waals surface area contributed by atoms with E-state index in [0.717, 1.165) is 70.6 Å². The Morgan fingerprint density at radius 3 is 2.56 bits per heavy atom. The van der Waals surface area contributed by atoms with Gasteiger partial charge in [0.1, 0.15) is 11.5 Å². The van der Waals surface area contributed by atoms with Gasteiger partial charge in [0.15, 0.2) is 0 Å². The summed E-state index contributed by atoms with van der Waals surface area (Å²) in [5, 5.41) is 10.8. The zero-order chi connectivity index (χ0) is 34.5. The lowest BCUT2D eigenvalue weighted by atomic mass is 10.0. The molecule has 3 aliphatic rings. The van der Waals surface area contributed by atoms with Crippen molar-refractivity contribution in [2.75, 3.05) is 11.9 Å². The lowest BCUT2D eigenvalue weighted by molar-refractivity contribution is -0.130. The van der Waals surface area contributed by atoms with Crippen LogP contribution in [0.15, 0.2) is 67.0 Å². The largest absolute Gasteiger partial charge is 0.382 e. The molecule has 2 unspecified atom stereocenters. The highest BCUT2D eigenvalue weighted by Crippen LogP contribution is 2.35. The fraction of sp³-hybridized carbons (Fsp3) is 0.289. The van der Waals surface area contributed by atoms with Crippen molar-refractivity contribution in [3.63, 3.8) is 0 Å². The van der Waals surface area contributed by atoms with Gasteiger partial charge in [0.2, 0.25) is 5.91 Å². The fourth-order valence-corrected chi connectivity index (χ4v) is 7.47. The number of anilines is 1. The van der Waals surface area contributed by atoms with Gasteiger partial charge in [-0.15, -0.1) is 0 Å². The molecule has 4 amide bonds. The van der Waals surface area contributed by atoms with Gasteiger partial charge >= 0.3 is 0 Å². The third kappa shape index (κ3) is 5.56. The Morgan fingerprint density at radius 2 is 1.76 bits per heavy atom. The molecule has 2 atom stereocenters. The van der Waals surface area contributed by atoms with E-state index in [1.54, 1.807) is 37.4 Å². The molecular weight excluding hydrogens is 632 g/mol. The molecule has 1 saturated carbocycles. The second-order valence-corrected chi connectivity index (χ2v) is 13.1. The van der Waals surface area contributed by atoms with Gasteiger partial charge in [-0.25, -0.2) is 4.98 Å². The summed E-state index contributed by atoms with van der Waals surface area (Å²) in [6, 6.07) is 16.9. The fourth-order valence-electron chi connectivity index (χ4n) is 7.47. The normalized spacial score (nSPS) is 18.2. The summed E-state index contributed by atoms with van der Waals surface area (Å²) in [6.07, 6.45) is 6.61. The number of imidazole rings is 1. The minimum Gasteiger partial charge on any atom is -0.382 e. The predicted octanol–water partition coefficient (Wildman–Crippen LogP) is 4.73. The number of carbonyl (C=O) groups excluding carboxylic acids is 4. The summed E-state index contributed by atoms with van der Waals surface area (Å²) in [6.45, 7) is 5.66. The monoisotopic (exact) mass is 668 g/mol. The van der Waals surface area contributed by atoms with Crippen molar-refractivity contribution in [3.8, 4) is 22.5 Å². The molecule has 12 nitrogen and oxygen atoms in total. The number of hydrogen-bond acceptors (Lipinski definition) is 8. The number of rotatable bonds is 7. The van der Waals surface area contributed by atoms with Crippen molar-refractivity contribution in [2.45, 2.75) is 64.7 Å². The lowest BCUT2D eigenvalue weighted by Gasteiger charge is -2.28. The van der Waals surface area contributed by atoms with Gasteiger partial charge in [-0.3, -0.25) is 34.5 Å². The van der Waals surface area contributed by atoms with E-state index in [4.69, 9.17) is 9.97 Å². The summed E-state index contributed by atoms with van der Waals surface area (Å²) < 4.78 is 2.25. The topological polar surface area (TPSA) is 151 Å². The van der Waals surface area contributed by atoms with Crippen LogP contribution in [0.1, 0.15) is 75.8 Å². The van der Waals surface area contributed by atoms with E-state index < -0.39 is 5.91 Å². The Kier molecular flexibility index (Phi) is 7.85. The van der Waals surface area contributed by atoms with Crippen LogP contribution in [0.5, 0.6) is 0 Å². The third-order valence-electron chi connectivity index (χ3n) is 10.0. The minimum atomic E-state index is -0.393. The number of hydrogen-bond donors (Lipinski definition) is 3. The highest BCUT2D eigenvalue weighted by atomic mass is 16.2. The molecule has 5 aromatic rings. The molecule has 3 aromatic heterocycles. The average molecular weight is 669 g/mol. The molecule has 1 fully saturated rings. The van der Waals surface area contributed by atoms with E-state index in [-0.39, 0.29) is 29.8 Å². The van der Waals surface area contributed by atoms with E-state index in [1.807, 2.05) is 35.4 Å². The van der Waals surface area contributed by atoms with Gasteiger partial charge in [-0.05, 0) is 55.0 Å². The number of imide groups is 1. The zero-order valence-corrected chi connectivity index (χ0v) is 27.8. The Labute approximate surface area is 288 Å². The summed E-state index contributed by atoms with van der Waals surface area (Å²) >= 11 is 0. The summed E-state index contributed by atoms with van der Waals surface area (Å²) in [7, 11) is 0. The molecule has 50 heavy (non-hydrogen) atoms. The lowest BCUT2D eigenvalue weighted by Crippen LogP contribution is -2.37. The highest BCUT2D eigenvalue weighted by Gasteiger charge is 2.32. The molecule has 5 heterocycles. The second-order valence-electron chi connectivity index (χ2n) is 13.1. The molecule has 2 aliphatic heterocycles. The second kappa shape index (κ2) is 12.5. The first-order valence-corrected chi connectivity index (χ1v) is 17.0. The Balaban J connectivity index is 0.957. The van der Waals surface area contributed by atoms with Crippen LogP contribution >= 0.6 is 0 Å². The van der Waals surface area contributed by atoms with Crippen LogP contribution in [0.3, 0.4) is 0 Å². The van der Waals surface area contributed by atoms with Gasteiger partial charge in [-0.2, -0.15) is 0 Å². The number of pyridine rings is 2. The van der Waals surface area contributed by atoms with Gasteiger partial charge in [0.05, 0.1) is 34.8 Å². The number of benzene rings is 2. The molecule has 0 saturated heterocycles. The van der Waals surface area contributed by atoms with E-state index in [9.17, 15) is 19.2 Å². The van der Waals surface area contributed by atoms with Crippen LogP contribution in [0.25, 0.3) is 33.3 Å². The SMILES string of the molecule is CCc1nc(-c2cccc3cc(-c4ccc(C(=O)NC5CCC(Nc6cccc7c6C(=O)NC7=O)C5)nc4)ncc23)c2n1CCN(C(C)=O)C2. The first kappa shape index (κ1) is 31.4. The molecule has 2 aromatic carbocycles. The highest BCUT2D eigenvalue weighted by molar-refractivity contribution is 6.23. The summed E-state index contributed by atoms with van der Waals surface area (Å²) in [4.78, 5) is 65.8. The molecule has 0 spiro atoms. The van der Waals surface area contributed by atoms with E-state index >= 15 is 0 Å². The van der Waals surface area contributed by atoms with Gasteiger partial charge in [0, 0.05) is 73.1 Å². The van der Waals surface area contributed by atoms with Crippen LogP contribution in [0, 0.1) is 0 Å². The van der Waals surface area contributed by atoms with Gasteiger partial charge in [0.25, 0.3) is 17.7 Å². The number of nitrogens with zero attached hydrogens (tertiary/aromatic N) is 5. The molecule has 0 bridgehead atoms. The number of aromatic nitrogens is 4. The molecular formula is C38H36N8O4. The molecule has 0 radical (unpaired) electrons. The first-order valence-electron chi connectivity index (χ1n) is 17.0. The molecule has 3 N–H and O–H groups in total. The minimum absolute atomic E-state index is 0.0492. The van der Waals surface area contributed by atoms with Crippen molar-refractivity contribution < 1.29 is 19.2 Å². The van der Waals surface area contributed by atoms with Crippen LogP contribution < -0.4 is 16.0 Å². The summed E-state index contributed by atoms with van der Waals surface area (Å²) in [5.41, 5.74) is 6.16. The van der Waals surface area contributed by atoms with E-state index in [1.165, 1.54) is 0 Å². The smallest absolute Gasteiger partial charge is 0.270 e. The number of aryl methyl sites for hydroxylation is 1. The van der Waals surface area contributed by atoms with Gasteiger partial charge < -0.3 is 20.1 Å². The third-order valence-corrected chi connectivity index (χ3v) is 10.0. The molecule has 12 heteroatoms. The summed E-state index contributed by atoms with van der Waals surface area (Å²) in [5.74, 6) is 0.0559. The quantitative estimate of drug-likeness (QED) is 0.211. The predicted molar refractivity (Wildman–Crippen MR) is 187 cm³/mol. The first-order chi connectivity index (χ1) is 24.3. The van der Waals surface area contributed by atoms with Crippen LogP contribution in [-0.2, 0) is 24.3 Å².